The fourth-order valence-electron chi connectivity index (χ4n) is 11.4. The van der Waals surface area contributed by atoms with Crippen molar-refractivity contribution in [3.8, 4) is 33.5 Å². The number of para-hydroxylation sites is 1. The van der Waals surface area contributed by atoms with Gasteiger partial charge in [0, 0.05) is 34.0 Å². The Morgan fingerprint density at radius 2 is 1.41 bits per heavy atom. The molecular weight excluding hydrogens is 671 g/mol. The first kappa shape index (κ1) is 32.7. The highest BCUT2D eigenvalue weighted by Crippen LogP contribution is 2.59. The van der Waals surface area contributed by atoms with Gasteiger partial charge in [0.15, 0.2) is 11.8 Å². The molecular formula is C51H50NOSi+. The predicted octanol–water partition coefficient (Wildman–Crippen LogP) is 12.7. The van der Waals surface area contributed by atoms with Crippen LogP contribution in [0.25, 0.3) is 55.4 Å². The molecule has 7 aromatic rings. The van der Waals surface area contributed by atoms with E-state index in [1.807, 2.05) is 0 Å². The maximum Gasteiger partial charge on any atom is 0.246 e. The van der Waals surface area contributed by atoms with E-state index in [0.29, 0.717) is 5.92 Å². The lowest BCUT2D eigenvalue weighted by atomic mass is 9.78. The van der Waals surface area contributed by atoms with Crippen LogP contribution in [0, 0.1) is 5.92 Å². The zero-order valence-electron chi connectivity index (χ0n) is 32.1. The lowest BCUT2D eigenvalue weighted by Crippen LogP contribution is -2.55. The molecule has 1 unspecified atom stereocenters. The maximum absolute atomic E-state index is 7.14. The molecule has 2 fully saturated rings. The second kappa shape index (κ2) is 12.1. The summed E-state index contributed by atoms with van der Waals surface area (Å²) in [6.07, 6.45) is 15.8. The van der Waals surface area contributed by atoms with E-state index in [1.165, 1.54) is 131 Å². The van der Waals surface area contributed by atoms with Crippen molar-refractivity contribution in [2.45, 2.75) is 95.3 Å². The fraction of sp³-hybridized carbons (Fsp3) is 0.314. The monoisotopic (exact) mass is 720 g/mol. The van der Waals surface area contributed by atoms with Crippen molar-refractivity contribution in [1.82, 2.24) is 0 Å². The van der Waals surface area contributed by atoms with E-state index in [0.717, 1.165) is 17.1 Å². The van der Waals surface area contributed by atoms with E-state index >= 15 is 0 Å². The van der Waals surface area contributed by atoms with Crippen molar-refractivity contribution in [3.05, 3.63) is 143 Å². The summed E-state index contributed by atoms with van der Waals surface area (Å²) in [4.78, 5) is 0. The molecule has 3 heteroatoms. The summed E-state index contributed by atoms with van der Waals surface area (Å²) in [5, 5.41) is 4.06. The summed E-state index contributed by atoms with van der Waals surface area (Å²) < 4.78 is 9.82. The molecule has 0 N–H and O–H groups in total. The third-order valence-corrected chi connectivity index (χ3v) is 15.9. The van der Waals surface area contributed by atoms with Gasteiger partial charge in [0.05, 0.1) is 13.6 Å². The van der Waals surface area contributed by atoms with Crippen molar-refractivity contribution in [2.75, 3.05) is 0 Å². The number of pyridine rings is 1. The van der Waals surface area contributed by atoms with Crippen molar-refractivity contribution in [3.63, 3.8) is 0 Å². The van der Waals surface area contributed by atoms with Gasteiger partial charge in [0.2, 0.25) is 11.2 Å². The summed E-state index contributed by atoms with van der Waals surface area (Å²) in [5.74, 6) is 1.42. The largest absolute Gasteiger partial charge is 0.455 e. The van der Waals surface area contributed by atoms with E-state index in [4.69, 9.17) is 4.42 Å². The molecule has 4 aliphatic rings. The van der Waals surface area contributed by atoms with Gasteiger partial charge in [-0.15, -0.1) is 0 Å². The topological polar surface area (TPSA) is 17.0 Å². The van der Waals surface area contributed by atoms with Crippen LogP contribution in [0.2, 0.25) is 19.6 Å². The number of hydrogen-bond donors (Lipinski definition) is 0. The highest BCUT2D eigenvalue weighted by atomic mass is 28.3. The van der Waals surface area contributed by atoms with Crippen molar-refractivity contribution in [1.29, 1.82) is 0 Å². The standard InChI is InChI=1S/C51H50NOSi/c1-54(2,3)47-32-43-41(29-37(47)28-33-16-10-11-17-33)38-22-12-14-24-42(38)51(43)44-31-40(35-20-8-5-9-21-35)48-39-23-13-15-25-46(39)53-50(48)49(44)45-30-36(26-27-52(45)51)34-18-6-4-7-19-34/h5,8-9,12-15,20-27,29-34H,4,6-7,10-11,16-19,28H2,1-3H3/q+1. The fourth-order valence-corrected chi connectivity index (χ4v) is 13.1. The number of hydrogen-bond acceptors (Lipinski definition) is 1. The lowest BCUT2D eigenvalue weighted by Gasteiger charge is -2.28. The van der Waals surface area contributed by atoms with E-state index in [-0.39, 0.29) is 0 Å². The van der Waals surface area contributed by atoms with Gasteiger partial charge in [-0.05, 0) is 76.6 Å². The maximum atomic E-state index is 7.14. The molecule has 0 bridgehead atoms. The molecule has 2 saturated carbocycles. The van der Waals surface area contributed by atoms with Crippen LogP contribution in [0.15, 0.2) is 120 Å². The minimum atomic E-state index is -1.74. The quantitative estimate of drug-likeness (QED) is 0.128. The first-order chi connectivity index (χ1) is 26.4. The van der Waals surface area contributed by atoms with Crippen LogP contribution in [-0.4, -0.2) is 8.07 Å². The highest BCUT2D eigenvalue weighted by Gasteiger charge is 2.60. The van der Waals surface area contributed by atoms with Crippen LogP contribution in [0.4, 0.5) is 0 Å². The molecule has 2 nitrogen and oxygen atoms in total. The van der Waals surface area contributed by atoms with E-state index < -0.39 is 13.6 Å². The Morgan fingerprint density at radius 3 is 2.22 bits per heavy atom. The third kappa shape index (κ3) is 4.67. The van der Waals surface area contributed by atoms with Gasteiger partial charge in [-0.2, -0.15) is 4.57 Å². The Morgan fingerprint density at radius 1 is 0.667 bits per heavy atom. The van der Waals surface area contributed by atoms with Gasteiger partial charge in [0.25, 0.3) is 0 Å². The van der Waals surface area contributed by atoms with Gasteiger partial charge >= 0.3 is 0 Å². The Bertz CT molecular complexity index is 2610. The number of aromatic nitrogens is 1. The lowest BCUT2D eigenvalue weighted by molar-refractivity contribution is -0.717. The van der Waals surface area contributed by atoms with Crippen LogP contribution >= 0.6 is 0 Å². The zero-order valence-corrected chi connectivity index (χ0v) is 33.1. The molecule has 11 rings (SSSR count). The average Bonchev–Trinajstić information content (AvgIpc) is 3.98. The molecule has 5 aromatic carbocycles. The van der Waals surface area contributed by atoms with Crippen molar-refractivity contribution in [2.24, 2.45) is 5.92 Å². The molecule has 2 aromatic heterocycles. The smallest absolute Gasteiger partial charge is 0.246 e. The van der Waals surface area contributed by atoms with E-state index in [9.17, 15) is 0 Å². The molecule has 3 heterocycles. The van der Waals surface area contributed by atoms with Crippen LogP contribution < -0.4 is 9.75 Å². The minimum absolute atomic E-state index is 0.515. The van der Waals surface area contributed by atoms with Gasteiger partial charge in [-0.1, -0.05) is 155 Å². The highest BCUT2D eigenvalue weighted by molar-refractivity contribution is 6.89. The number of benzene rings is 5. The predicted molar refractivity (Wildman–Crippen MR) is 226 cm³/mol. The molecule has 0 amide bonds. The molecule has 1 spiro atoms. The average molecular weight is 721 g/mol. The second-order valence-corrected chi connectivity index (χ2v) is 23.0. The Hall–Kier alpha value is -4.73. The first-order valence-corrected chi connectivity index (χ1v) is 24.3. The van der Waals surface area contributed by atoms with Crippen LogP contribution in [0.5, 0.6) is 0 Å². The molecule has 268 valence electrons. The number of furan rings is 1. The summed E-state index contributed by atoms with van der Waals surface area (Å²) in [6, 6.07) is 42.1. The summed E-state index contributed by atoms with van der Waals surface area (Å²) in [7, 11) is -1.74. The third-order valence-electron chi connectivity index (χ3n) is 13.8. The van der Waals surface area contributed by atoms with Crippen molar-refractivity contribution >= 4 is 35.2 Å². The molecule has 0 saturated heterocycles. The van der Waals surface area contributed by atoms with Crippen LogP contribution in [0.3, 0.4) is 0 Å². The van der Waals surface area contributed by atoms with Gasteiger partial charge in [-0.3, -0.25) is 0 Å². The van der Waals surface area contributed by atoms with Gasteiger partial charge in [0.1, 0.15) is 11.1 Å². The second-order valence-electron chi connectivity index (χ2n) is 18.0. The number of rotatable bonds is 5. The Kier molecular flexibility index (Phi) is 7.34. The number of fused-ring (bicyclic) bond motifs is 14. The Balaban J connectivity index is 1.29. The molecule has 1 atom stereocenters. The Labute approximate surface area is 320 Å². The molecule has 0 radical (unpaired) electrons. The van der Waals surface area contributed by atoms with Crippen molar-refractivity contribution < 1.29 is 8.98 Å². The van der Waals surface area contributed by atoms with Crippen LogP contribution in [-0.2, 0) is 12.0 Å². The van der Waals surface area contributed by atoms with Gasteiger partial charge in [-0.25, -0.2) is 0 Å². The molecule has 1 aliphatic heterocycles. The summed E-state index contributed by atoms with van der Waals surface area (Å²) >= 11 is 0. The number of nitrogens with zero attached hydrogens (tertiary/aromatic N) is 1. The SMILES string of the molecule is C[Si](C)(C)c1cc2c(cc1CC1CCCC1)-c1ccccc1C21c2cc(-c3ccccc3)c3c(oc4ccccc43)c2-c2cc(C3CCCCC3)cc[n+]21. The summed E-state index contributed by atoms with van der Waals surface area (Å²) in [6.45, 7) is 7.69. The normalized spacial score (nSPS) is 19.5. The van der Waals surface area contributed by atoms with E-state index in [1.54, 1.807) is 10.8 Å². The van der Waals surface area contributed by atoms with E-state index in [2.05, 4.69) is 140 Å². The molecule has 3 aliphatic carbocycles. The van der Waals surface area contributed by atoms with Gasteiger partial charge < -0.3 is 4.42 Å². The minimum Gasteiger partial charge on any atom is -0.455 e. The zero-order chi connectivity index (χ0) is 36.2. The summed E-state index contributed by atoms with van der Waals surface area (Å²) in [5.41, 5.74) is 16.6. The van der Waals surface area contributed by atoms with Crippen LogP contribution in [0.1, 0.15) is 91.5 Å². The molecule has 54 heavy (non-hydrogen) atoms. The first-order valence-electron chi connectivity index (χ1n) is 20.8.